The molecular weight excluding hydrogens is 278 g/mol. The maximum absolute atomic E-state index is 5.53. The highest BCUT2D eigenvalue weighted by Crippen LogP contribution is 2.33. The molecule has 6 heteroatoms. The van der Waals surface area contributed by atoms with Crippen molar-refractivity contribution in [3.63, 3.8) is 0 Å². The Morgan fingerprint density at radius 2 is 2.14 bits per heavy atom. The second-order valence-corrected chi connectivity index (χ2v) is 7.12. The van der Waals surface area contributed by atoms with Crippen molar-refractivity contribution >= 4 is 0 Å². The van der Waals surface area contributed by atoms with Crippen LogP contribution in [0.15, 0.2) is 10.6 Å². The van der Waals surface area contributed by atoms with Crippen LogP contribution in [0.25, 0.3) is 0 Å². The summed E-state index contributed by atoms with van der Waals surface area (Å²) in [5, 5.41) is 16.3. The summed E-state index contributed by atoms with van der Waals surface area (Å²) in [6.07, 6.45) is 5.39. The van der Waals surface area contributed by atoms with Gasteiger partial charge in [-0.05, 0) is 47.0 Å². The minimum atomic E-state index is 0.0185. The van der Waals surface area contributed by atoms with Gasteiger partial charge in [0.2, 0.25) is 11.8 Å². The van der Waals surface area contributed by atoms with Crippen LogP contribution in [0.4, 0.5) is 0 Å². The summed E-state index contributed by atoms with van der Waals surface area (Å²) in [6, 6.07) is 0.331. The fourth-order valence-corrected chi connectivity index (χ4v) is 3.17. The van der Waals surface area contributed by atoms with Crippen LogP contribution in [0.1, 0.15) is 75.7 Å². The molecular formula is C16H25N5O. The van der Waals surface area contributed by atoms with Crippen LogP contribution in [0.3, 0.4) is 0 Å². The van der Waals surface area contributed by atoms with E-state index in [9.17, 15) is 0 Å². The van der Waals surface area contributed by atoms with Gasteiger partial charge in [0.05, 0.1) is 17.8 Å². The summed E-state index contributed by atoms with van der Waals surface area (Å²) >= 11 is 0. The Morgan fingerprint density at radius 3 is 2.77 bits per heavy atom. The van der Waals surface area contributed by atoms with Crippen LogP contribution in [0.2, 0.25) is 0 Å². The summed E-state index contributed by atoms with van der Waals surface area (Å²) in [5.41, 5.74) is 2.68. The number of hydrogen-bond acceptors (Lipinski definition) is 5. The summed E-state index contributed by atoms with van der Waals surface area (Å²) in [7, 11) is 0. The van der Waals surface area contributed by atoms with E-state index >= 15 is 0 Å². The second kappa shape index (κ2) is 5.50. The van der Waals surface area contributed by atoms with Gasteiger partial charge in [-0.25, -0.2) is 0 Å². The zero-order chi connectivity index (χ0) is 15.9. The fraction of sp³-hybridized carbons (Fsp3) is 0.688. The SMILES string of the molecule is Cc1nnc([C@@H](C)N[C@H]2CCCc3c2cnn3C(C)(C)C)o1. The van der Waals surface area contributed by atoms with E-state index < -0.39 is 0 Å². The van der Waals surface area contributed by atoms with Crippen molar-refractivity contribution in [2.75, 3.05) is 0 Å². The van der Waals surface area contributed by atoms with Crippen molar-refractivity contribution in [1.29, 1.82) is 0 Å². The lowest BCUT2D eigenvalue weighted by Crippen LogP contribution is -2.30. The predicted molar refractivity (Wildman–Crippen MR) is 83.5 cm³/mol. The smallest absolute Gasteiger partial charge is 0.233 e. The molecule has 3 rings (SSSR count). The molecule has 6 nitrogen and oxygen atoms in total. The summed E-state index contributed by atoms with van der Waals surface area (Å²) < 4.78 is 7.69. The lowest BCUT2D eigenvalue weighted by Gasteiger charge is -2.29. The van der Waals surface area contributed by atoms with E-state index in [1.165, 1.54) is 17.7 Å². The molecule has 0 unspecified atom stereocenters. The average Bonchev–Trinajstić information content (AvgIpc) is 3.04. The molecule has 0 saturated heterocycles. The predicted octanol–water partition coefficient (Wildman–Crippen LogP) is 3.06. The van der Waals surface area contributed by atoms with E-state index in [0.717, 1.165) is 12.8 Å². The molecule has 1 N–H and O–H groups in total. The van der Waals surface area contributed by atoms with E-state index in [4.69, 9.17) is 4.42 Å². The first-order valence-electron chi connectivity index (χ1n) is 7.99. The highest BCUT2D eigenvalue weighted by Gasteiger charge is 2.29. The van der Waals surface area contributed by atoms with Crippen molar-refractivity contribution in [1.82, 2.24) is 25.3 Å². The third-order valence-corrected chi connectivity index (χ3v) is 4.18. The maximum Gasteiger partial charge on any atom is 0.233 e. The van der Waals surface area contributed by atoms with E-state index in [-0.39, 0.29) is 11.6 Å². The minimum absolute atomic E-state index is 0.0185. The van der Waals surface area contributed by atoms with Gasteiger partial charge in [-0.2, -0.15) is 5.10 Å². The molecule has 120 valence electrons. The normalized spacial score (nSPS) is 20.0. The van der Waals surface area contributed by atoms with E-state index in [1.54, 1.807) is 0 Å². The van der Waals surface area contributed by atoms with Gasteiger partial charge >= 0.3 is 0 Å². The lowest BCUT2D eigenvalue weighted by molar-refractivity contribution is 0.324. The molecule has 0 fully saturated rings. The van der Waals surface area contributed by atoms with Crippen molar-refractivity contribution in [3.8, 4) is 0 Å². The number of aromatic nitrogens is 4. The molecule has 2 aromatic heterocycles. The quantitative estimate of drug-likeness (QED) is 0.943. The number of hydrogen-bond donors (Lipinski definition) is 1. The van der Waals surface area contributed by atoms with Gasteiger partial charge < -0.3 is 4.42 Å². The van der Waals surface area contributed by atoms with Gasteiger partial charge in [-0.3, -0.25) is 10.00 Å². The Kier molecular flexibility index (Phi) is 3.80. The van der Waals surface area contributed by atoms with Gasteiger partial charge in [0.15, 0.2) is 0 Å². The highest BCUT2D eigenvalue weighted by atomic mass is 16.4. The minimum Gasteiger partial charge on any atom is -0.424 e. The summed E-state index contributed by atoms with van der Waals surface area (Å²) in [5.74, 6) is 1.25. The van der Waals surface area contributed by atoms with Gasteiger partial charge in [0.1, 0.15) is 0 Å². The molecule has 2 heterocycles. The first-order valence-corrected chi connectivity index (χ1v) is 7.99. The van der Waals surface area contributed by atoms with E-state index in [0.29, 0.717) is 17.8 Å². The molecule has 0 aromatic carbocycles. The molecule has 0 saturated carbocycles. The van der Waals surface area contributed by atoms with Gasteiger partial charge in [0.25, 0.3) is 0 Å². The zero-order valence-electron chi connectivity index (χ0n) is 14.1. The Morgan fingerprint density at radius 1 is 1.36 bits per heavy atom. The molecule has 0 amide bonds. The average molecular weight is 303 g/mol. The van der Waals surface area contributed by atoms with Crippen LogP contribution in [0.5, 0.6) is 0 Å². The monoisotopic (exact) mass is 303 g/mol. The molecule has 0 radical (unpaired) electrons. The Hall–Kier alpha value is -1.69. The van der Waals surface area contributed by atoms with Crippen molar-refractivity contribution < 1.29 is 4.42 Å². The Balaban J connectivity index is 1.82. The van der Waals surface area contributed by atoms with Gasteiger partial charge in [0, 0.05) is 24.2 Å². The number of rotatable bonds is 3. The van der Waals surface area contributed by atoms with Crippen LogP contribution >= 0.6 is 0 Å². The Bertz CT molecular complexity index is 652. The van der Waals surface area contributed by atoms with Crippen LogP contribution in [0, 0.1) is 6.92 Å². The molecule has 2 atom stereocenters. The first-order chi connectivity index (χ1) is 10.4. The molecule has 1 aliphatic rings. The van der Waals surface area contributed by atoms with E-state index in [2.05, 4.69) is 53.0 Å². The molecule has 2 aromatic rings. The number of aryl methyl sites for hydroxylation is 1. The number of nitrogens with zero attached hydrogens (tertiary/aromatic N) is 4. The molecule has 22 heavy (non-hydrogen) atoms. The molecule has 1 aliphatic carbocycles. The molecule has 0 aliphatic heterocycles. The number of nitrogens with one attached hydrogen (secondary N) is 1. The largest absolute Gasteiger partial charge is 0.424 e. The van der Waals surface area contributed by atoms with Crippen molar-refractivity contribution in [3.05, 3.63) is 29.2 Å². The van der Waals surface area contributed by atoms with Crippen LogP contribution < -0.4 is 5.32 Å². The third kappa shape index (κ3) is 2.79. The summed E-state index contributed by atoms with van der Waals surface area (Å²) in [4.78, 5) is 0. The topological polar surface area (TPSA) is 68.8 Å². The Labute approximate surface area is 131 Å². The van der Waals surface area contributed by atoms with Crippen molar-refractivity contribution in [2.45, 2.75) is 71.5 Å². The van der Waals surface area contributed by atoms with Crippen LogP contribution in [-0.2, 0) is 12.0 Å². The number of fused-ring (bicyclic) bond motifs is 1. The lowest BCUT2D eigenvalue weighted by atomic mass is 9.91. The maximum atomic E-state index is 5.53. The van der Waals surface area contributed by atoms with Crippen molar-refractivity contribution in [2.24, 2.45) is 0 Å². The highest BCUT2D eigenvalue weighted by molar-refractivity contribution is 5.26. The third-order valence-electron chi connectivity index (χ3n) is 4.18. The fourth-order valence-electron chi connectivity index (χ4n) is 3.17. The molecule has 0 bridgehead atoms. The second-order valence-electron chi connectivity index (χ2n) is 7.12. The molecule has 0 spiro atoms. The standard InChI is InChI=1S/C16H25N5O/c1-10(15-20-19-11(2)22-15)18-13-7-6-8-14-12(13)9-17-21(14)16(3,4)5/h9-10,13,18H,6-8H2,1-5H3/t10-,13+/m1/s1. The van der Waals surface area contributed by atoms with Crippen LogP contribution in [-0.4, -0.2) is 20.0 Å². The van der Waals surface area contributed by atoms with Gasteiger partial charge in [-0.1, -0.05) is 0 Å². The first kappa shape index (κ1) is 15.2. The summed E-state index contributed by atoms with van der Waals surface area (Å²) in [6.45, 7) is 10.5. The zero-order valence-corrected chi connectivity index (χ0v) is 14.1. The van der Waals surface area contributed by atoms with Gasteiger partial charge in [-0.15, -0.1) is 10.2 Å². The van der Waals surface area contributed by atoms with E-state index in [1.807, 2.05) is 13.1 Å².